The van der Waals surface area contributed by atoms with Gasteiger partial charge in [0, 0.05) is 23.1 Å². The van der Waals surface area contributed by atoms with Crippen molar-refractivity contribution in [1.82, 2.24) is 4.98 Å². The van der Waals surface area contributed by atoms with E-state index < -0.39 is 0 Å². The topological polar surface area (TPSA) is 47.0 Å². The van der Waals surface area contributed by atoms with Gasteiger partial charge in [0.25, 0.3) is 0 Å². The van der Waals surface area contributed by atoms with Crippen molar-refractivity contribution in [2.75, 3.05) is 0 Å². The number of hydrogen-bond acceptors (Lipinski definition) is 3. The molecule has 0 amide bonds. The van der Waals surface area contributed by atoms with Crippen LogP contribution in [-0.2, 0) is 11.2 Å². The first-order valence-electron chi connectivity index (χ1n) is 7.12. The molecule has 0 saturated heterocycles. The van der Waals surface area contributed by atoms with Gasteiger partial charge in [-0.25, -0.2) is 0 Å². The van der Waals surface area contributed by atoms with E-state index in [1.807, 2.05) is 48.5 Å². The molecule has 0 N–H and O–H groups in total. The fourth-order valence-corrected chi connectivity index (χ4v) is 2.44. The van der Waals surface area contributed by atoms with Crippen molar-refractivity contribution in [3.05, 3.63) is 65.9 Å². The van der Waals surface area contributed by atoms with Crippen LogP contribution in [0.2, 0.25) is 0 Å². The maximum absolute atomic E-state index is 11.3. The Hall–Kier alpha value is -2.81. The number of ketones is 1. The summed E-state index contributed by atoms with van der Waals surface area (Å²) in [5, 5.41) is 1.03. The molecule has 3 rings (SSSR count). The average Bonchev–Trinajstić information content (AvgIpc) is 2.55. The lowest BCUT2D eigenvalue weighted by atomic mass is 10.0. The molecule has 0 spiro atoms. The van der Waals surface area contributed by atoms with Gasteiger partial charge in [0.05, 0.1) is 5.52 Å². The number of hydrogen-bond donors (Lipinski definition) is 0. The van der Waals surface area contributed by atoms with Gasteiger partial charge in [0.2, 0.25) is 0 Å². The van der Waals surface area contributed by atoms with E-state index in [2.05, 4.69) is 11.1 Å². The van der Waals surface area contributed by atoms with Crippen LogP contribution >= 0.6 is 0 Å². The minimum atomic E-state index is 0.0666. The van der Waals surface area contributed by atoms with E-state index in [0.717, 1.165) is 34.0 Å². The summed E-state index contributed by atoms with van der Waals surface area (Å²) in [6.07, 6.45) is 1.20. The van der Waals surface area contributed by atoms with Crippen LogP contribution < -0.4 is 0 Å². The molecule has 2 aromatic carbocycles. The number of benzene rings is 2. The molecule has 1 heterocycles. The number of carbonyl (C=O) groups is 2. The summed E-state index contributed by atoms with van der Waals surface area (Å²) < 4.78 is 0. The molecule has 0 bridgehead atoms. The van der Waals surface area contributed by atoms with Crippen molar-refractivity contribution in [1.29, 1.82) is 0 Å². The lowest BCUT2D eigenvalue weighted by Gasteiger charge is -2.06. The fourth-order valence-electron chi connectivity index (χ4n) is 2.44. The summed E-state index contributed by atoms with van der Waals surface area (Å²) >= 11 is 0. The summed E-state index contributed by atoms with van der Waals surface area (Å²) in [6, 6.07) is 17.5. The molecule has 0 aliphatic rings. The molecule has 1 aromatic heterocycles. The normalized spacial score (nSPS) is 10.6. The molecule has 108 valence electrons. The quantitative estimate of drug-likeness (QED) is 0.541. The van der Waals surface area contributed by atoms with Gasteiger partial charge in [-0.2, -0.15) is 0 Å². The average molecular weight is 289 g/mol. The molecule has 0 saturated carbocycles. The second-order valence-corrected chi connectivity index (χ2v) is 5.21. The van der Waals surface area contributed by atoms with Gasteiger partial charge >= 0.3 is 0 Å². The summed E-state index contributed by atoms with van der Waals surface area (Å²) in [7, 11) is 0. The number of fused-ring (bicyclic) bond motifs is 1. The van der Waals surface area contributed by atoms with E-state index in [-0.39, 0.29) is 5.78 Å². The van der Waals surface area contributed by atoms with E-state index in [1.165, 1.54) is 0 Å². The highest BCUT2D eigenvalue weighted by atomic mass is 16.1. The zero-order valence-electron chi connectivity index (χ0n) is 12.2. The van der Waals surface area contributed by atoms with Gasteiger partial charge in [0.15, 0.2) is 5.78 Å². The van der Waals surface area contributed by atoms with E-state index >= 15 is 0 Å². The van der Waals surface area contributed by atoms with Gasteiger partial charge in [0.1, 0.15) is 6.29 Å². The van der Waals surface area contributed by atoms with E-state index in [0.29, 0.717) is 12.0 Å². The van der Waals surface area contributed by atoms with E-state index in [9.17, 15) is 9.59 Å². The van der Waals surface area contributed by atoms with Crippen LogP contribution in [0.15, 0.2) is 54.6 Å². The Balaban J connectivity index is 1.99. The largest absolute Gasteiger partial charge is 0.303 e. The van der Waals surface area contributed by atoms with Crippen LogP contribution in [0.25, 0.3) is 22.0 Å². The van der Waals surface area contributed by atoms with E-state index in [1.54, 1.807) is 6.92 Å². The van der Waals surface area contributed by atoms with Gasteiger partial charge in [-0.05, 0) is 36.2 Å². The number of nitrogens with zero attached hydrogens (tertiary/aromatic N) is 1. The lowest BCUT2D eigenvalue weighted by molar-refractivity contribution is -0.107. The molecule has 3 aromatic rings. The zero-order chi connectivity index (χ0) is 15.5. The maximum Gasteiger partial charge on any atom is 0.159 e. The Morgan fingerprint density at radius 1 is 1.00 bits per heavy atom. The first-order chi connectivity index (χ1) is 10.7. The van der Waals surface area contributed by atoms with Crippen molar-refractivity contribution in [3.63, 3.8) is 0 Å². The lowest BCUT2D eigenvalue weighted by Crippen LogP contribution is -1.92. The first kappa shape index (κ1) is 14.1. The summed E-state index contributed by atoms with van der Waals surface area (Å²) in [5.74, 6) is 0.0666. The molecular formula is C19H15NO2. The summed E-state index contributed by atoms with van der Waals surface area (Å²) in [6.45, 7) is 1.56. The molecule has 3 nitrogen and oxygen atoms in total. The molecular weight excluding hydrogens is 274 g/mol. The predicted molar refractivity (Wildman–Crippen MR) is 87.0 cm³/mol. The van der Waals surface area contributed by atoms with Crippen LogP contribution in [0.4, 0.5) is 0 Å². The number of aldehydes is 1. The fraction of sp³-hybridized carbons (Fsp3) is 0.105. The summed E-state index contributed by atoms with van der Waals surface area (Å²) in [5.41, 5.74) is 4.51. The SMILES string of the molecule is CC(=O)c1ccc(-c2ccc3nc(CC=O)ccc3c2)cc1. The van der Waals surface area contributed by atoms with Crippen molar-refractivity contribution in [2.24, 2.45) is 0 Å². The van der Waals surface area contributed by atoms with Crippen molar-refractivity contribution in [3.8, 4) is 11.1 Å². The molecule has 22 heavy (non-hydrogen) atoms. The third-order valence-corrected chi connectivity index (χ3v) is 3.66. The Kier molecular flexibility index (Phi) is 3.79. The monoisotopic (exact) mass is 289 g/mol. The third-order valence-electron chi connectivity index (χ3n) is 3.66. The van der Waals surface area contributed by atoms with E-state index in [4.69, 9.17) is 0 Å². The number of aromatic nitrogens is 1. The smallest absolute Gasteiger partial charge is 0.159 e. The number of rotatable bonds is 4. The minimum Gasteiger partial charge on any atom is -0.303 e. The van der Waals surface area contributed by atoms with Crippen LogP contribution in [0.5, 0.6) is 0 Å². The Bertz CT molecular complexity index is 851. The van der Waals surface area contributed by atoms with Crippen LogP contribution in [0.1, 0.15) is 23.0 Å². The predicted octanol–water partition coefficient (Wildman–Crippen LogP) is 3.85. The van der Waals surface area contributed by atoms with Crippen LogP contribution in [-0.4, -0.2) is 17.1 Å². The van der Waals surface area contributed by atoms with Crippen LogP contribution in [0.3, 0.4) is 0 Å². The van der Waals surface area contributed by atoms with Crippen molar-refractivity contribution in [2.45, 2.75) is 13.3 Å². The van der Waals surface area contributed by atoms with Gasteiger partial charge in [-0.1, -0.05) is 36.4 Å². The standard InChI is InChI=1S/C19H15NO2/c1-13(22)14-2-4-15(5-3-14)16-7-9-19-17(12-16)6-8-18(20-19)10-11-21/h2-9,11-12H,10H2,1H3. The van der Waals surface area contributed by atoms with Gasteiger partial charge in [-0.15, -0.1) is 0 Å². The molecule has 0 aliphatic heterocycles. The molecule has 0 atom stereocenters. The highest BCUT2D eigenvalue weighted by Gasteiger charge is 2.04. The molecule has 0 aliphatic carbocycles. The molecule has 0 unspecified atom stereocenters. The van der Waals surface area contributed by atoms with Gasteiger partial charge < -0.3 is 4.79 Å². The second kappa shape index (κ2) is 5.90. The number of pyridine rings is 1. The Morgan fingerprint density at radius 2 is 1.73 bits per heavy atom. The highest BCUT2D eigenvalue weighted by molar-refractivity contribution is 5.94. The van der Waals surface area contributed by atoms with Gasteiger partial charge in [-0.3, -0.25) is 9.78 Å². The number of carbonyl (C=O) groups excluding carboxylic acids is 2. The second-order valence-electron chi connectivity index (χ2n) is 5.21. The maximum atomic E-state index is 11.3. The Labute approximate surface area is 128 Å². The Morgan fingerprint density at radius 3 is 2.41 bits per heavy atom. The zero-order valence-corrected chi connectivity index (χ0v) is 12.2. The molecule has 3 heteroatoms. The highest BCUT2D eigenvalue weighted by Crippen LogP contribution is 2.24. The van der Waals surface area contributed by atoms with Crippen LogP contribution in [0, 0.1) is 0 Å². The third kappa shape index (κ3) is 2.79. The first-order valence-corrected chi connectivity index (χ1v) is 7.12. The summed E-state index contributed by atoms with van der Waals surface area (Å²) in [4.78, 5) is 26.3. The van der Waals surface area contributed by atoms with Crippen molar-refractivity contribution < 1.29 is 9.59 Å². The number of Topliss-reactive ketones (excluding diaryl/α,β-unsaturated/α-hetero) is 1. The molecule has 0 radical (unpaired) electrons. The van der Waals surface area contributed by atoms with Crippen molar-refractivity contribution >= 4 is 23.0 Å². The molecule has 0 fully saturated rings. The minimum absolute atomic E-state index is 0.0666.